The molecule has 2 heterocycles. The van der Waals surface area contributed by atoms with Crippen LogP contribution in [0.2, 0.25) is 0 Å². The van der Waals surface area contributed by atoms with Gasteiger partial charge in [0.15, 0.2) is 5.78 Å². The Hall–Kier alpha value is -2.73. The number of hydrogen-bond donors (Lipinski definition) is 2. The lowest BCUT2D eigenvalue weighted by atomic mass is 9.90. The molecule has 0 fully saturated rings. The van der Waals surface area contributed by atoms with E-state index in [1.54, 1.807) is 18.3 Å². The van der Waals surface area contributed by atoms with Gasteiger partial charge in [-0.05, 0) is 30.2 Å². The molecule has 136 valence electrons. The Balaban J connectivity index is 1.88. The largest absolute Gasteiger partial charge is 0.357 e. The molecule has 0 saturated heterocycles. The zero-order valence-corrected chi connectivity index (χ0v) is 14.8. The number of carbonyl (C=O) groups is 2. The first-order chi connectivity index (χ1) is 12.6. The summed E-state index contributed by atoms with van der Waals surface area (Å²) in [5.41, 5.74) is 0.0261. The van der Waals surface area contributed by atoms with E-state index in [0.717, 1.165) is 24.1 Å². The molecule has 2 N–H and O–H groups in total. The summed E-state index contributed by atoms with van der Waals surface area (Å²) in [5.74, 6) is -1.22. The molecule has 2 aromatic rings. The highest BCUT2D eigenvalue weighted by Crippen LogP contribution is 2.34. The van der Waals surface area contributed by atoms with Crippen molar-refractivity contribution in [3.63, 3.8) is 0 Å². The number of amides is 1. The average molecular weight is 353 g/mol. The first-order valence-corrected chi connectivity index (χ1v) is 8.86. The molecule has 1 aliphatic rings. The van der Waals surface area contributed by atoms with Crippen LogP contribution in [0.25, 0.3) is 0 Å². The van der Waals surface area contributed by atoms with Crippen molar-refractivity contribution in [1.29, 1.82) is 0 Å². The maximum absolute atomic E-state index is 12.8. The highest BCUT2D eigenvalue weighted by atomic mass is 16.3. The molecule has 0 radical (unpaired) electrons. The second-order valence-electron chi connectivity index (χ2n) is 6.41. The smallest absolute Gasteiger partial charge is 0.281 e. The number of hydrogen-bond acceptors (Lipinski definition) is 5. The first kappa shape index (κ1) is 18.1. The number of unbranched alkanes of at least 4 members (excludes halogenated alkanes) is 1. The van der Waals surface area contributed by atoms with Crippen molar-refractivity contribution in [2.24, 2.45) is 0 Å². The van der Waals surface area contributed by atoms with Gasteiger partial charge in [0.2, 0.25) is 0 Å². The zero-order chi connectivity index (χ0) is 18.6. The molecule has 1 aromatic heterocycles. The van der Waals surface area contributed by atoms with Gasteiger partial charge in [0.05, 0.1) is 12.2 Å². The van der Waals surface area contributed by atoms with Crippen LogP contribution in [0.4, 0.5) is 5.69 Å². The standard InChI is InChI=1S/C20H23N3O3/c1-2-3-12-23-17-10-5-4-8-15(17)13-18(24)20(23,26)19(25)22-14-16-9-6-7-11-21-16/h4-11,26H,2-3,12-14H2,1H3,(H,22,25). The van der Waals surface area contributed by atoms with Crippen LogP contribution in [-0.4, -0.2) is 34.1 Å². The Kier molecular flexibility index (Phi) is 5.32. The van der Waals surface area contributed by atoms with E-state index in [9.17, 15) is 14.7 Å². The van der Waals surface area contributed by atoms with Gasteiger partial charge in [0, 0.05) is 24.8 Å². The Morgan fingerprint density at radius 2 is 2.04 bits per heavy atom. The van der Waals surface area contributed by atoms with Crippen molar-refractivity contribution >= 4 is 17.4 Å². The number of rotatable bonds is 6. The van der Waals surface area contributed by atoms with Gasteiger partial charge in [0.25, 0.3) is 11.6 Å². The number of ketones is 1. The highest BCUT2D eigenvalue weighted by molar-refractivity contribution is 6.14. The van der Waals surface area contributed by atoms with Crippen molar-refractivity contribution in [1.82, 2.24) is 10.3 Å². The predicted molar refractivity (Wildman–Crippen MR) is 98.4 cm³/mol. The third-order valence-electron chi connectivity index (χ3n) is 4.62. The zero-order valence-electron chi connectivity index (χ0n) is 14.8. The number of aliphatic hydroxyl groups is 1. The number of nitrogens with zero attached hydrogens (tertiary/aromatic N) is 2. The van der Waals surface area contributed by atoms with Crippen molar-refractivity contribution in [3.05, 3.63) is 59.9 Å². The van der Waals surface area contributed by atoms with Gasteiger partial charge in [-0.1, -0.05) is 37.6 Å². The number of nitrogens with one attached hydrogen (secondary N) is 1. The molecule has 1 aromatic carbocycles. The Morgan fingerprint density at radius 3 is 2.77 bits per heavy atom. The van der Waals surface area contributed by atoms with Crippen LogP contribution < -0.4 is 10.2 Å². The normalized spacial score (nSPS) is 19.2. The van der Waals surface area contributed by atoms with Crippen molar-refractivity contribution < 1.29 is 14.7 Å². The van der Waals surface area contributed by atoms with E-state index in [0.29, 0.717) is 12.2 Å². The van der Waals surface area contributed by atoms with E-state index in [4.69, 9.17) is 0 Å². The molecular formula is C20H23N3O3. The van der Waals surface area contributed by atoms with Gasteiger partial charge in [-0.2, -0.15) is 0 Å². The summed E-state index contributed by atoms with van der Waals surface area (Å²) in [6.45, 7) is 2.60. The summed E-state index contributed by atoms with van der Waals surface area (Å²) in [4.78, 5) is 31.3. The van der Waals surface area contributed by atoms with E-state index >= 15 is 0 Å². The third kappa shape index (κ3) is 3.32. The third-order valence-corrected chi connectivity index (χ3v) is 4.62. The molecule has 1 unspecified atom stereocenters. The van der Waals surface area contributed by atoms with Crippen LogP contribution in [0, 0.1) is 0 Å². The molecule has 1 amide bonds. The minimum Gasteiger partial charge on any atom is -0.357 e. The van der Waals surface area contributed by atoms with Gasteiger partial charge in [0.1, 0.15) is 0 Å². The number of aromatic nitrogens is 1. The molecule has 26 heavy (non-hydrogen) atoms. The molecule has 0 bridgehead atoms. The van der Waals surface area contributed by atoms with E-state index in [2.05, 4.69) is 10.3 Å². The van der Waals surface area contributed by atoms with Gasteiger partial charge in [-0.25, -0.2) is 0 Å². The Labute approximate surface area is 152 Å². The number of pyridine rings is 1. The topological polar surface area (TPSA) is 82.5 Å². The van der Waals surface area contributed by atoms with Gasteiger partial charge in [-0.3, -0.25) is 14.6 Å². The summed E-state index contributed by atoms with van der Waals surface area (Å²) in [6.07, 6.45) is 3.31. The molecule has 1 aliphatic heterocycles. The number of Topliss-reactive ketones (excluding diaryl/α,β-unsaturated/α-hetero) is 1. The summed E-state index contributed by atoms with van der Waals surface area (Å²) in [6, 6.07) is 12.8. The number of carbonyl (C=O) groups excluding carboxylic acids is 2. The first-order valence-electron chi connectivity index (χ1n) is 8.86. The summed E-state index contributed by atoms with van der Waals surface area (Å²) < 4.78 is 0. The number of para-hydroxylation sites is 1. The highest BCUT2D eigenvalue weighted by Gasteiger charge is 2.52. The number of fused-ring (bicyclic) bond motifs is 1. The molecule has 0 saturated carbocycles. The monoisotopic (exact) mass is 353 g/mol. The molecule has 0 spiro atoms. The van der Waals surface area contributed by atoms with Crippen LogP contribution in [-0.2, 0) is 22.6 Å². The number of anilines is 1. The van der Waals surface area contributed by atoms with Crippen molar-refractivity contribution in [3.8, 4) is 0 Å². The lowest BCUT2D eigenvalue weighted by Gasteiger charge is -2.42. The number of benzene rings is 1. The van der Waals surface area contributed by atoms with Crippen LogP contribution in [0.5, 0.6) is 0 Å². The second-order valence-corrected chi connectivity index (χ2v) is 6.41. The fourth-order valence-electron chi connectivity index (χ4n) is 3.19. The van der Waals surface area contributed by atoms with Crippen molar-refractivity contribution in [2.75, 3.05) is 11.4 Å². The molecule has 6 heteroatoms. The molecule has 3 rings (SSSR count). The molecular weight excluding hydrogens is 330 g/mol. The Bertz CT molecular complexity index is 794. The van der Waals surface area contributed by atoms with Crippen LogP contribution in [0.1, 0.15) is 31.0 Å². The van der Waals surface area contributed by atoms with E-state index in [1.165, 1.54) is 4.90 Å². The maximum Gasteiger partial charge on any atom is 0.281 e. The van der Waals surface area contributed by atoms with Gasteiger partial charge >= 0.3 is 0 Å². The second kappa shape index (κ2) is 7.66. The van der Waals surface area contributed by atoms with E-state index in [-0.39, 0.29) is 13.0 Å². The lowest BCUT2D eigenvalue weighted by Crippen LogP contribution is -2.66. The SMILES string of the molecule is CCCCN1c2ccccc2CC(=O)C1(O)C(=O)NCc1ccccn1. The lowest BCUT2D eigenvalue weighted by molar-refractivity contribution is -0.152. The van der Waals surface area contributed by atoms with Crippen LogP contribution >= 0.6 is 0 Å². The van der Waals surface area contributed by atoms with Gasteiger partial charge in [-0.15, -0.1) is 0 Å². The van der Waals surface area contributed by atoms with Crippen LogP contribution in [0.15, 0.2) is 48.7 Å². The van der Waals surface area contributed by atoms with Gasteiger partial charge < -0.3 is 15.3 Å². The van der Waals surface area contributed by atoms with E-state index in [1.807, 2.05) is 37.3 Å². The average Bonchev–Trinajstić information content (AvgIpc) is 2.67. The molecule has 0 aliphatic carbocycles. The summed E-state index contributed by atoms with van der Waals surface area (Å²) >= 11 is 0. The van der Waals surface area contributed by atoms with Crippen LogP contribution in [0.3, 0.4) is 0 Å². The van der Waals surface area contributed by atoms with Crippen molar-refractivity contribution in [2.45, 2.75) is 38.5 Å². The summed E-state index contributed by atoms with van der Waals surface area (Å²) in [5, 5.41) is 13.8. The minimum atomic E-state index is -2.20. The molecule has 1 atom stereocenters. The maximum atomic E-state index is 12.8. The predicted octanol–water partition coefficient (Wildman–Crippen LogP) is 1.82. The fourth-order valence-corrected chi connectivity index (χ4v) is 3.19. The Morgan fingerprint density at radius 1 is 1.27 bits per heavy atom. The molecule has 6 nitrogen and oxygen atoms in total. The summed E-state index contributed by atoms with van der Waals surface area (Å²) in [7, 11) is 0. The quantitative estimate of drug-likeness (QED) is 0.774. The fraction of sp³-hybridized carbons (Fsp3) is 0.350. The minimum absolute atomic E-state index is 0.0340. The van der Waals surface area contributed by atoms with E-state index < -0.39 is 17.4 Å².